The Labute approximate surface area is 111 Å². The standard InChI is InChI=1S/C16H16FNO/c17-14-5-3-12(4-6-14)15-2-1-9-16(15,19)13-7-10-18-11-8-13/h3-8,10-11,15,19H,1-2,9H2. The lowest BCUT2D eigenvalue weighted by Crippen LogP contribution is -2.28. The quantitative estimate of drug-likeness (QED) is 0.894. The highest BCUT2D eigenvalue weighted by Gasteiger charge is 2.43. The number of hydrogen-bond donors (Lipinski definition) is 1. The molecule has 2 atom stereocenters. The summed E-state index contributed by atoms with van der Waals surface area (Å²) in [5.41, 5.74) is 1.04. The van der Waals surface area contributed by atoms with Gasteiger partial charge < -0.3 is 5.11 Å². The molecule has 0 saturated heterocycles. The smallest absolute Gasteiger partial charge is 0.123 e. The molecule has 1 saturated carbocycles. The second-order valence-corrected chi connectivity index (χ2v) is 5.16. The zero-order valence-electron chi connectivity index (χ0n) is 10.6. The second-order valence-electron chi connectivity index (χ2n) is 5.16. The van der Waals surface area contributed by atoms with Crippen molar-refractivity contribution in [2.45, 2.75) is 30.8 Å². The summed E-state index contributed by atoms with van der Waals surface area (Å²) in [6.45, 7) is 0. The Morgan fingerprint density at radius 2 is 1.79 bits per heavy atom. The molecular weight excluding hydrogens is 241 g/mol. The molecule has 2 unspecified atom stereocenters. The summed E-state index contributed by atoms with van der Waals surface area (Å²) in [5, 5.41) is 11.0. The van der Waals surface area contributed by atoms with Gasteiger partial charge in [-0.25, -0.2) is 4.39 Å². The summed E-state index contributed by atoms with van der Waals surface area (Å²) in [7, 11) is 0. The van der Waals surface area contributed by atoms with Crippen molar-refractivity contribution in [3.63, 3.8) is 0 Å². The van der Waals surface area contributed by atoms with Gasteiger partial charge in [0, 0.05) is 18.3 Å². The summed E-state index contributed by atoms with van der Waals surface area (Å²) < 4.78 is 13.0. The molecule has 2 aromatic rings. The molecule has 0 amide bonds. The van der Waals surface area contributed by atoms with Crippen molar-refractivity contribution in [2.24, 2.45) is 0 Å². The van der Waals surface area contributed by atoms with E-state index >= 15 is 0 Å². The van der Waals surface area contributed by atoms with Crippen LogP contribution in [-0.2, 0) is 5.60 Å². The van der Waals surface area contributed by atoms with Crippen molar-refractivity contribution >= 4 is 0 Å². The predicted molar refractivity (Wildman–Crippen MR) is 71.1 cm³/mol. The van der Waals surface area contributed by atoms with Crippen LogP contribution in [0.5, 0.6) is 0 Å². The van der Waals surface area contributed by atoms with Crippen LogP contribution in [0.15, 0.2) is 48.8 Å². The number of halogens is 1. The molecule has 1 heterocycles. The van der Waals surface area contributed by atoms with E-state index in [1.807, 2.05) is 12.1 Å². The number of aromatic nitrogens is 1. The molecule has 0 radical (unpaired) electrons. The Hall–Kier alpha value is -1.74. The van der Waals surface area contributed by atoms with Crippen molar-refractivity contribution in [3.8, 4) is 0 Å². The minimum atomic E-state index is -0.860. The lowest BCUT2D eigenvalue weighted by molar-refractivity contribution is 0.0258. The monoisotopic (exact) mass is 257 g/mol. The summed E-state index contributed by atoms with van der Waals surface area (Å²) >= 11 is 0. The van der Waals surface area contributed by atoms with Crippen molar-refractivity contribution in [1.29, 1.82) is 0 Å². The molecule has 0 spiro atoms. The third-order valence-electron chi connectivity index (χ3n) is 4.08. The van der Waals surface area contributed by atoms with Crippen molar-refractivity contribution < 1.29 is 9.50 Å². The fraction of sp³-hybridized carbons (Fsp3) is 0.312. The van der Waals surface area contributed by atoms with Gasteiger partial charge in [-0.15, -0.1) is 0 Å². The van der Waals surface area contributed by atoms with E-state index in [1.165, 1.54) is 12.1 Å². The van der Waals surface area contributed by atoms with E-state index in [0.29, 0.717) is 0 Å². The lowest BCUT2D eigenvalue weighted by atomic mass is 9.80. The molecule has 0 bridgehead atoms. The van der Waals surface area contributed by atoms with Gasteiger partial charge in [0.1, 0.15) is 5.82 Å². The van der Waals surface area contributed by atoms with E-state index < -0.39 is 5.60 Å². The van der Waals surface area contributed by atoms with Gasteiger partial charge >= 0.3 is 0 Å². The van der Waals surface area contributed by atoms with E-state index in [1.54, 1.807) is 24.5 Å². The molecule has 3 heteroatoms. The normalized spacial score (nSPS) is 26.5. The van der Waals surface area contributed by atoms with Crippen LogP contribution in [-0.4, -0.2) is 10.1 Å². The molecule has 1 fully saturated rings. The van der Waals surface area contributed by atoms with Crippen LogP contribution < -0.4 is 0 Å². The number of nitrogens with zero attached hydrogens (tertiary/aromatic N) is 1. The molecule has 98 valence electrons. The minimum absolute atomic E-state index is 0.0236. The molecular formula is C16H16FNO. The third-order valence-corrected chi connectivity index (χ3v) is 4.08. The highest BCUT2D eigenvalue weighted by atomic mass is 19.1. The Kier molecular flexibility index (Phi) is 3.07. The average molecular weight is 257 g/mol. The van der Waals surface area contributed by atoms with Crippen molar-refractivity contribution in [1.82, 2.24) is 4.98 Å². The van der Waals surface area contributed by atoms with Crippen LogP contribution in [0.2, 0.25) is 0 Å². The van der Waals surface area contributed by atoms with Crippen molar-refractivity contribution in [2.75, 3.05) is 0 Å². The van der Waals surface area contributed by atoms with Gasteiger partial charge in [-0.1, -0.05) is 12.1 Å². The van der Waals surface area contributed by atoms with Crippen LogP contribution in [0.1, 0.15) is 36.3 Å². The molecule has 0 aliphatic heterocycles. The van der Waals surface area contributed by atoms with E-state index in [4.69, 9.17) is 0 Å². The number of hydrogen-bond acceptors (Lipinski definition) is 2. The minimum Gasteiger partial charge on any atom is -0.385 e. The summed E-state index contributed by atoms with van der Waals surface area (Å²) in [4.78, 5) is 4.00. The fourth-order valence-corrected chi connectivity index (χ4v) is 3.11. The van der Waals surface area contributed by atoms with Crippen molar-refractivity contribution in [3.05, 3.63) is 65.7 Å². The lowest BCUT2D eigenvalue weighted by Gasteiger charge is -2.31. The first-order valence-corrected chi connectivity index (χ1v) is 6.58. The largest absolute Gasteiger partial charge is 0.385 e. The second kappa shape index (κ2) is 4.74. The van der Waals surface area contributed by atoms with Crippen LogP contribution >= 0.6 is 0 Å². The first-order chi connectivity index (χ1) is 9.20. The SMILES string of the molecule is OC1(c2ccncc2)CCCC1c1ccc(F)cc1. The topological polar surface area (TPSA) is 33.1 Å². The van der Waals surface area contributed by atoms with Gasteiger partial charge in [-0.05, 0) is 54.7 Å². The zero-order valence-corrected chi connectivity index (χ0v) is 10.6. The Bertz CT molecular complexity index is 555. The Morgan fingerprint density at radius 3 is 2.47 bits per heavy atom. The molecule has 3 rings (SSSR count). The van der Waals surface area contributed by atoms with Gasteiger partial charge in [-0.2, -0.15) is 0 Å². The highest BCUT2D eigenvalue weighted by molar-refractivity contribution is 5.32. The maximum absolute atomic E-state index is 13.0. The van der Waals surface area contributed by atoms with Gasteiger partial charge in [0.2, 0.25) is 0 Å². The van der Waals surface area contributed by atoms with E-state index in [-0.39, 0.29) is 11.7 Å². The van der Waals surface area contributed by atoms with Gasteiger partial charge in [0.25, 0.3) is 0 Å². The molecule has 1 aromatic heterocycles. The van der Waals surface area contributed by atoms with E-state index in [0.717, 1.165) is 30.4 Å². The molecule has 1 N–H and O–H groups in total. The van der Waals surface area contributed by atoms with Gasteiger partial charge in [-0.3, -0.25) is 4.98 Å². The van der Waals surface area contributed by atoms with Crippen LogP contribution in [0.25, 0.3) is 0 Å². The zero-order chi connectivity index (χ0) is 13.3. The number of rotatable bonds is 2. The van der Waals surface area contributed by atoms with Gasteiger partial charge in [0.05, 0.1) is 5.60 Å². The maximum Gasteiger partial charge on any atom is 0.123 e. The summed E-state index contributed by atoms with van der Waals surface area (Å²) in [5.74, 6) is -0.218. The van der Waals surface area contributed by atoms with Crippen LogP contribution in [0.4, 0.5) is 4.39 Å². The van der Waals surface area contributed by atoms with Crippen LogP contribution in [0, 0.1) is 5.82 Å². The molecule has 19 heavy (non-hydrogen) atoms. The molecule has 1 aliphatic rings. The first-order valence-electron chi connectivity index (χ1n) is 6.58. The third kappa shape index (κ3) is 2.15. The number of benzene rings is 1. The molecule has 1 aromatic carbocycles. The number of aliphatic hydroxyl groups is 1. The molecule has 1 aliphatic carbocycles. The highest BCUT2D eigenvalue weighted by Crippen LogP contribution is 2.49. The summed E-state index contributed by atoms with van der Waals surface area (Å²) in [6, 6.07) is 10.2. The Morgan fingerprint density at radius 1 is 1.11 bits per heavy atom. The molecule has 2 nitrogen and oxygen atoms in total. The Balaban J connectivity index is 1.99. The predicted octanol–water partition coefficient (Wildman–Crippen LogP) is 3.38. The summed E-state index contributed by atoms with van der Waals surface area (Å²) in [6.07, 6.45) is 6.03. The maximum atomic E-state index is 13.0. The van der Waals surface area contributed by atoms with Gasteiger partial charge in [0.15, 0.2) is 0 Å². The van der Waals surface area contributed by atoms with E-state index in [2.05, 4.69) is 4.98 Å². The van der Waals surface area contributed by atoms with Crippen LogP contribution in [0.3, 0.4) is 0 Å². The number of pyridine rings is 1. The average Bonchev–Trinajstić information content (AvgIpc) is 2.84. The first kappa shape index (κ1) is 12.3. The van der Waals surface area contributed by atoms with E-state index in [9.17, 15) is 9.50 Å². The fourth-order valence-electron chi connectivity index (χ4n) is 3.11.